The summed E-state index contributed by atoms with van der Waals surface area (Å²) in [5.41, 5.74) is 11.1. The molecule has 6 heterocycles. The van der Waals surface area contributed by atoms with Crippen molar-refractivity contribution in [2.45, 2.75) is 31.8 Å². The van der Waals surface area contributed by atoms with Gasteiger partial charge in [0.1, 0.15) is 22.8 Å². The van der Waals surface area contributed by atoms with Crippen LogP contribution in [0.1, 0.15) is 80.7 Å². The summed E-state index contributed by atoms with van der Waals surface area (Å²) >= 11 is 2.35. The van der Waals surface area contributed by atoms with Crippen molar-refractivity contribution in [1.29, 1.82) is 0 Å². The van der Waals surface area contributed by atoms with Crippen LogP contribution in [0.5, 0.6) is 0 Å². The minimum absolute atomic E-state index is 0.135. The van der Waals surface area contributed by atoms with Gasteiger partial charge < -0.3 is 56.8 Å². The predicted molar refractivity (Wildman–Crippen MR) is 263 cm³/mol. The van der Waals surface area contributed by atoms with Gasteiger partial charge in [0, 0.05) is 89.0 Å². The Kier molecular flexibility index (Phi) is 16.0. The van der Waals surface area contributed by atoms with Crippen LogP contribution < -0.4 is 43.0 Å². The van der Waals surface area contributed by atoms with Crippen LogP contribution in [0.3, 0.4) is 0 Å². The summed E-state index contributed by atoms with van der Waals surface area (Å²) in [5, 5.41) is 24.9. The number of alkyl carbamates (subject to hydrolysis) is 1. The lowest BCUT2D eigenvalue weighted by Crippen LogP contribution is -2.48. The molecule has 11 N–H and O–H groups in total. The molecule has 6 aromatic rings. The molecule has 0 aliphatic carbocycles. The summed E-state index contributed by atoms with van der Waals surface area (Å²) < 4.78 is 4.87. The fourth-order valence-corrected chi connectivity index (χ4v) is 8.90. The quantitative estimate of drug-likeness (QED) is 0.0667. The number of aromatic nitrogens is 4. The second kappa shape index (κ2) is 22.2. The zero-order valence-electron chi connectivity index (χ0n) is 38.6. The molecule has 0 saturated heterocycles. The van der Waals surface area contributed by atoms with E-state index < -0.39 is 6.09 Å². The highest BCUT2D eigenvalue weighted by Gasteiger charge is 2.30. The highest BCUT2D eigenvalue weighted by Crippen LogP contribution is 2.30. The number of amides is 7. The van der Waals surface area contributed by atoms with Crippen molar-refractivity contribution in [3.8, 4) is 0 Å². The number of nitrogens with one attached hydrogen (secondary N) is 9. The largest absolute Gasteiger partial charge is 0.450 e. The van der Waals surface area contributed by atoms with E-state index in [1.807, 2.05) is 38.0 Å². The Morgan fingerprint density at radius 3 is 1.61 bits per heavy atom. The maximum absolute atomic E-state index is 12.9. The van der Waals surface area contributed by atoms with Gasteiger partial charge in [0.25, 0.3) is 35.4 Å². The Hall–Kier alpha value is -7.25. The number of benzene rings is 2. The average Bonchev–Trinajstić information content (AvgIpc) is 4.14. The maximum atomic E-state index is 12.9. The Labute approximate surface area is 403 Å². The first-order valence-electron chi connectivity index (χ1n) is 22.0. The van der Waals surface area contributed by atoms with Gasteiger partial charge in [-0.1, -0.05) is 0 Å². The van der Waals surface area contributed by atoms with E-state index in [0.29, 0.717) is 71.8 Å². The zero-order valence-corrected chi connectivity index (χ0v) is 40.2. The van der Waals surface area contributed by atoms with E-state index in [4.69, 9.17) is 10.5 Å². The van der Waals surface area contributed by atoms with E-state index in [2.05, 4.69) is 57.2 Å². The first kappa shape index (κ1) is 49.6. The Balaban J connectivity index is 0.000000206. The van der Waals surface area contributed by atoms with Gasteiger partial charge in [-0.05, 0) is 95.5 Å². The molecule has 24 heteroatoms. The van der Waals surface area contributed by atoms with Crippen LogP contribution in [0.25, 0.3) is 21.8 Å². The molecular formula is C45H54N14O8S2. The minimum Gasteiger partial charge on any atom is -0.450 e. The van der Waals surface area contributed by atoms with Crippen LogP contribution in [0, 0.1) is 0 Å². The van der Waals surface area contributed by atoms with Crippen molar-refractivity contribution in [3.05, 3.63) is 92.2 Å². The minimum atomic E-state index is -0.545. The van der Waals surface area contributed by atoms with Gasteiger partial charge in [0.05, 0.1) is 12.6 Å². The molecule has 2 unspecified atom stereocenters. The number of hydrogen-bond donors (Lipinski definition) is 10. The van der Waals surface area contributed by atoms with Crippen molar-refractivity contribution < 1.29 is 38.3 Å². The van der Waals surface area contributed by atoms with Crippen LogP contribution in [0.2, 0.25) is 0 Å². The number of carbonyl (C=O) groups is 7. The number of fused-ring (bicyclic) bond motifs is 6. The molecule has 2 atom stereocenters. The number of nitrogens with zero attached hydrogens (tertiary/aromatic N) is 4. The first-order valence-corrected chi connectivity index (χ1v) is 23.8. The van der Waals surface area contributed by atoms with Crippen LogP contribution in [0.4, 0.5) is 15.1 Å². The average molecular weight is 983 g/mol. The smallest absolute Gasteiger partial charge is 0.407 e. The third-order valence-electron chi connectivity index (χ3n) is 11.0. The van der Waals surface area contributed by atoms with E-state index in [1.165, 1.54) is 11.3 Å². The molecule has 69 heavy (non-hydrogen) atoms. The number of likely N-dealkylation sites (N-methyl/N-ethyl adjacent to an activating group) is 2. The molecule has 364 valence electrons. The molecule has 4 aromatic heterocycles. The van der Waals surface area contributed by atoms with Crippen molar-refractivity contribution >= 4 is 96.3 Å². The van der Waals surface area contributed by atoms with Crippen molar-refractivity contribution in [2.24, 2.45) is 5.73 Å². The van der Waals surface area contributed by atoms with Gasteiger partial charge in [-0.3, -0.25) is 39.4 Å². The van der Waals surface area contributed by atoms with Gasteiger partial charge in [-0.2, -0.15) is 0 Å². The van der Waals surface area contributed by atoms with Crippen LogP contribution >= 0.6 is 22.7 Å². The molecule has 2 aliphatic rings. The highest BCUT2D eigenvalue weighted by molar-refractivity contribution is 7.14. The fourth-order valence-electron chi connectivity index (χ4n) is 7.53. The number of ether oxygens (including phenoxy) is 1. The fraction of sp³-hybridized carbons (Fsp3) is 0.356. The third kappa shape index (κ3) is 12.3. The third-order valence-corrected chi connectivity index (χ3v) is 12.5. The van der Waals surface area contributed by atoms with Crippen molar-refractivity contribution in [1.82, 2.24) is 56.3 Å². The number of nitrogens with two attached hydrogens (primary N) is 1. The Bertz CT molecular complexity index is 2900. The SMILES string of the molecule is CCOC(=O)NCC1Cc2c([nH]c3ccc(C(=O)Nc4nc(C(=O)NCCN(C)C)cs4)cc23)C(=O)N1.CN(C)CCNC(=O)c1csc(NC(=O)c2ccc3[nH]c4c(c3c2)CC(CN)NC4=O)n1. The highest BCUT2D eigenvalue weighted by atomic mass is 32.1. The molecule has 7 amide bonds. The standard InChI is InChI=1S/C24H29N7O5S.C21H25N7O3S/c1-4-36-24(35)26-11-14-10-16-15-9-13(5-6-17(15)28-19(16)22(34)27-14)20(32)30-23-29-18(12-37-23)21(33)25-7-8-31(2)3;1-28(2)6-5-23-19(30)16-10-32-21(26-16)27-18(29)11-3-4-15-13(7-11)14-8-12(9-22)24-20(31)17(14)25-15/h5-6,9,12,14,28H,4,7-8,10-11H2,1-3H3,(H,25,33)(H,26,35)(H,27,34)(H,29,30,32);3-4,7,10,12,25H,5-6,8-9,22H2,1-2H3,(H,23,30)(H,24,31)(H,26,27,29). The lowest BCUT2D eigenvalue weighted by Gasteiger charge is -2.23. The van der Waals surface area contributed by atoms with E-state index in [9.17, 15) is 33.6 Å². The molecule has 0 radical (unpaired) electrons. The molecule has 0 saturated carbocycles. The summed E-state index contributed by atoms with van der Waals surface area (Å²) in [5.74, 6) is -1.78. The number of rotatable bonds is 16. The molecule has 22 nitrogen and oxygen atoms in total. The maximum Gasteiger partial charge on any atom is 0.407 e. The topological polar surface area (TPSA) is 303 Å². The van der Waals surface area contributed by atoms with Crippen molar-refractivity contribution in [3.63, 3.8) is 0 Å². The molecule has 0 fully saturated rings. The normalized spacial score (nSPS) is 15.1. The molecule has 0 bridgehead atoms. The van der Waals surface area contributed by atoms with E-state index in [-0.39, 0.29) is 72.1 Å². The lowest BCUT2D eigenvalue weighted by atomic mass is 9.97. The van der Waals surface area contributed by atoms with Gasteiger partial charge in [-0.25, -0.2) is 14.8 Å². The summed E-state index contributed by atoms with van der Waals surface area (Å²) in [6.45, 7) is 4.95. The first-order chi connectivity index (χ1) is 33.1. The van der Waals surface area contributed by atoms with Gasteiger partial charge in [-0.15, -0.1) is 22.7 Å². The summed E-state index contributed by atoms with van der Waals surface area (Å²) in [6.07, 6.45) is 0.524. The molecule has 8 rings (SSSR count). The summed E-state index contributed by atoms with van der Waals surface area (Å²) in [6, 6.07) is 9.88. The number of aromatic amines is 2. The van der Waals surface area contributed by atoms with Crippen LogP contribution in [0.15, 0.2) is 47.2 Å². The summed E-state index contributed by atoms with van der Waals surface area (Å²) in [7, 11) is 7.68. The van der Waals surface area contributed by atoms with Crippen LogP contribution in [-0.2, 0) is 17.6 Å². The van der Waals surface area contributed by atoms with Gasteiger partial charge in [0.15, 0.2) is 10.3 Å². The van der Waals surface area contributed by atoms with E-state index in [1.54, 1.807) is 54.1 Å². The second-order valence-corrected chi connectivity index (χ2v) is 18.4. The number of thiazole rings is 2. The number of carbonyl (C=O) groups excluding carboxylic acids is 7. The molecular weight excluding hydrogens is 929 g/mol. The molecule has 2 aromatic carbocycles. The Morgan fingerprint density at radius 1 is 0.696 bits per heavy atom. The van der Waals surface area contributed by atoms with E-state index in [0.717, 1.165) is 50.8 Å². The van der Waals surface area contributed by atoms with Gasteiger partial charge >= 0.3 is 6.09 Å². The number of H-pyrrole nitrogens is 2. The predicted octanol–water partition coefficient (Wildman–Crippen LogP) is 2.35. The summed E-state index contributed by atoms with van der Waals surface area (Å²) in [4.78, 5) is 105. The zero-order chi connectivity index (χ0) is 49.4. The van der Waals surface area contributed by atoms with Crippen LogP contribution in [-0.4, -0.2) is 157 Å². The number of hydrogen-bond acceptors (Lipinski definition) is 15. The van der Waals surface area contributed by atoms with E-state index >= 15 is 0 Å². The molecule has 2 aliphatic heterocycles. The lowest BCUT2D eigenvalue weighted by molar-refractivity contribution is 0.0912. The van der Waals surface area contributed by atoms with Crippen molar-refractivity contribution in [2.75, 3.05) is 84.7 Å². The van der Waals surface area contributed by atoms with Gasteiger partial charge in [0.2, 0.25) is 0 Å². The number of anilines is 2. The molecule has 0 spiro atoms. The Morgan fingerprint density at radius 2 is 1.16 bits per heavy atom. The monoisotopic (exact) mass is 982 g/mol. The second-order valence-electron chi connectivity index (χ2n) is 16.7.